The summed E-state index contributed by atoms with van der Waals surface area (Å²) in [5.74, 6) is -0.350. The van der Waals surface area contributed by atoms with Crippen molar-refractivity contribution in [3.63, 3.8) is 0 Å². The molecule has 2 heterocycles. The average molecular weight is 406 g/mol. The normalized spacial score (nSPS) is 12.3. The molecule has 0 fully saturated rings. The summed E-state index contributed by atoms with van der Waals surface area (Å²) in [5.41, 5.74) is 0.783. The van der Waals surface area contributed by atoms with E-state index in [-0.39, 0.29) is 35.6 Å². The van der Waals surface area contributed by atoms with Gasteiger partial charge in [0.25, 0.3) is 5.56 Å². The fourth-order valence-electron chi connectivity index (χ4n) is 2.52. The largest absolute Gasteiger partial charge is 0.353 e. The molecule has 1 atom stereocenters. The van der Waals surface area contributed by atoms with Crippen molar-refractivity contribution in [3.05, 3.63) is 57.4 Å². The molecule has 0 spiro atoms. The van der Waals surface area contributed by atoms with E-state index >= 15 is 0 Å². The van der Waals surface area contributed by atoms with Gasteiger partial charge in [0.2, 0.25) is 5.91 Å². The first-order chi connectivity index (χ1) is 13.0. The fourth-order valence-corrected chi connectivity index (χ4v) is 4.11. The molecular weight excluding hydrogens is 385 g/mol. The lowest BCUT2D eigenvalue weighted by Crippen LogP contribution is -2.33. The SMILES string of the molecule is CCC(C)NC(=O)CSc1nc2ccsc2c(=O)n1Cc1ccccc1F. The maximum atomic E-state index is 14.1. The Morgan fingerprint density at radius 2 is 2.15 bits per heavy atom. The number of nitrogens with one attached hydrogen (secondary N) is 1. The molecule has 1 amide bonds. The van der Waals surface area contributed by atoms with Crippen molar-refractivity contribution >= 4 is 39.2 Å². The standard InChI is InChI=1S/C19H20FN3O2S2/c1-3-12(2)21-16(24)11-27-19-22-15-8-9-26-17(15)18(25)23(19)10-13-6-4-5-7-14(13)20/h4-9,12H,3,10-11H2,1-2H3,(H,21,24). The monoisotopic (exact) mass is 405 g/mol. The number of halogens is 1. The van der Waals surface area contributed by atoms with Crippen molar-refractivity contribution in [2.24, 2.45) is 0 Å². The number of nitrogens with zero attached hydrogens (tertiary/aromatic N) is 2. The third-order valence-corrected chi connectivity index (χ3v) is 6.04. The lowest BCUT2D eigenvalue weighted by Gasteiger charge is -2.14. The van der Waals surface area contributed by atoms with Gasteiger partial charge in [0.15, 0.2) is 5.16 Å². The maximum absolute atomic E-state index is 14.1. The second-order valence-electron chi connectivity index (χ2n) is 6.18. The Hall–Kier alpha value is -2.19. The molecule has 1 N–H and O–H groups in total. The van der Waals surface area contributed by atoms with E-state index in [2.05, 4.69) is 10.3 Å². The van der Waals surface area contributed by atoms with E-state index in [0.29, 0.717) is 20.9 Å². The van der Waals surface area contributed by atoms with Gasteiger partial charge in [-0.15, -0.1) is 11.3 Å². The molecule has 0 bridgehead atoms. The van der Waals surface area contributed by atoms with Gasteiger partial charge >= 0.3 is 0 Å². The number of fused-ring (bicyclic) bond motifs is 1. The van der Waals surface area contributed by atoms with Crippen molar-refractivity contribution in [2.75, 3.05) is 5.75 Å². The van der Waals surface area contributed by atoms with Gasteiger partial charge in [0.1, 0.15) is 10.5 Å². The fraction of sp³-hybridized carbons (Fsp3) is 0.316. The third kappa shape index (κ3) is 4.56. The first kappa shape index (κ1) is 19.6. The summed E-state index contributed by atoms with van der Waals surface area (Å²) >= 11 is 2.50. The Balaban J connectivity index is 1.92. The van der Waals surface area contributed by atoms with Crippen molar-refractivity contribution in [3.8, 4) is 0 Å². The van der Waals surface area contributed by atoms with E-state index in [4.69, 9.17) is 0 Å². The van der Waals surface area contributed by atoms with E-state index in [9.17, 15) is 14.0 Å². The van der Waals surface area contributed by atoms with Crippen molar-refractivity contribution in [1.29, 1.82) is 0 Å². The molecule has 142 valence electrons. The number of amides is 1. The highest BCUT2D eigenvalue weighted by molar-refractivity contribution is 7.99. The van der Waals surface area contributed by atoms with Gasteiger partial charge < -0.3 is 5.32 Å². The van der Waals surface area contributed by atoms with Gasteiger partial charge in [0.05, 0.1) is 17.8 Å². The zero-order valence-electron chi connectivity index (χ0n) is 15.1. The van der Waals surface area contributed by atoms with Crippen LogP contribution in [-0.2, 0) is 11.3 Å². The highest BCUT2D eigenvalue weighted by atomic mass is 32.2. The van der Waals surface area contributed by atoms with Crippen LogP contribution in [0, 0.1) is 5.82 Å². The van der Waals surface area contributed by atoms with Crippen molar-refractivity contribution in [1.82, 2.24) is 14.9 Å². The van der Waals surface area contributed by atoms with Crippen LogP contribution in [0.1, 0.15) is 25.8 Å². The minimum Gasteiger partial charge on any atom is -0.353 e. The van der Waals surface area contributed by atoms with Gasteiger partial charge in [0, 0.05) is 11.6 Å². The summed E-state index contributed by atoms with van der Waals surface area (Å²) in [5, 5.41) is 5.10. The summed E-state index contributed by atoms with van der Waals surface area (Å²) in [6.45, 7) is 4.00. The van der Waals surface area contributed by atoms with Crippen molar-refractivity contribution in [2.45, 2.75) is 38.0 Å². The molecule has 27 heavy (non-hydrogen) atoms. The number of thiophene rings is 1. The molecule has 0 saturated heterocycles. The number of rotatable bonds is 7. The van der Waals surface area contributed by atoms with Crippen LogP contribution in [0.4, 0.5) is 4.39 Å². The Bertz CT molecular complexity index is 1020. The molecule has 5 nitrogen and oxygen atoms in total. The van der Waals surface area contributed by atoms with Crippen LogP contribution in [-0.4, -0.2) is 27.3 Å². The molecular formula is C19H20FN3O2S2. The quantitative estimate of drug-likeness (QED) is 0.481. The van der Waals surface area contributed by atoms with Gasteiger partial charge in [-0.1, -0.05) is 36.9 Å². The molecule has 0 aliphatic rings. The zero-order valence-corrected chi connectivity index (χ0v) is 16.7. The lowest BCUT2D eigenvalue weighted by atomic mass is 10.2. The summed E-state index contributed by atoms with van der Waals surface area (Å²) in [7, 11) is 0. The minimum atomic E-state index is -0.374. The number of hydrogen-bond donors (Lipinski definition) is 1. The van der Waals surface area contributed by atoms with E-state index in [1.807, 2.05) is 13.8 Å². The second kappa shape index (κ2) is 8.67. The Labute approximate surface area is 164 Å². The molecule has 8 heteroatoms. The molecule has 3 rings (SSSR count). The number of carbonyl (C=O) groups is 1. The van der Waals surface area contributed by atoms with Crippen LogP contribution in [0.15, 0.2) is 45.7 Å². The molecule has 1 unspecified atom stereocenters. The molecule has 2 aromatic heterocycles. The first-order valence-corrected chi connectivity index (χ1v) is 10.5. The highest BCUT2D eigenvalue weighted by Gasteiger charge is 2.16. The van der Waals surface area contributed by atoms with E-state index < -0.39 is 0 Å². The van der Waals surface area contributed by atoms with Crippen LogP contribution in [0.2, 0.25) is 0 Å². The first-order valence-electron chi connectivity index (χ1n) is 8.63. The van der Waals surface area contributed by atoms with E-state index in [1.165, 1.54) is 33.7 Å². The Morgan fingerprint density at radius 3 is 2.89 bits per heavy atom. The van der Waals surface area contributed by atoms with Crippen LogP contribution in [0.3, 0.4) is 0 Å². The second-order valence-corrected chi connectivity index (χ2v) is 8.04. The third-order valence-electron chi connectivity index (χ3n) is 4.17. The number of hydrogen-bond acceptors (Lipinski definition) is 5. The van der Waals surface area contributed by atoms with Crippen LogP contribution < -0.4 is 10.9 Å². The van der Waals surface area contributed by atoms with Gasteiger partial charge in [-0.25, -0.2) is 9.37 Å². The van der Waals surface area contributed by atoms with Crippen LogP contribution in [0.5, 0.6) is 0 Å². The van der Waals surface area contributed by atoms with Gasteiger partial charge in [-0.2, -0.15) is 0 Å². The molecule has 0 aliphatic carbocycles. The van der Waals surface area contributed by atoms with Crippen LogP contribution >= 0.6 is 23.1 Å². The molecule has 1 aromatic carbocycles. The molecule has 0 radical (unpaired) electrons. The molecule has 0 aliphatic heterocycles. The highest BCUT2D eigenvalue weighted by Crippen LogP contribution is 2.22. The van der Waals surface area contributed by atoms with E-state index in [0.717, 1.165) is 6.42 Å². The Morgan fingerprint density at radius 1 is 1.37 bits per heavy atom. The molecule has 0 saturated carbocycles. The smallest absolute Gasteiger partial charge is 0.272 e. The number of thioether (sulfide) groups is 1. The maximum Gasteiger partial charge on any atom is 0.272 e. The average Bonchev–Trinajstić information content (AvgIpc) is 3.12. The lowest BCUT2D eigenvalue weighted by molar-refractivity contribution is -0.119. The number of aromatic nitrogens is 2. The minimum absolute atomic E-state index is 0.0711. The predicted octanol–water partition coefficient (Wildman–Crippen LogP) is 3.65. The summed E-state index contributed by atoms with van der Waals surface area (Å²) < 4.78 is 16.1. The zero-order chi connectivity index (χ0) is 19.4. The topological polar surface area (TPSA) is 64.0 Å². The molecule has 3 aromatic rings. The Kier molecular flexibility index (Phi) is 6.28. The number of benzene rings is 1. The predicted molar refractivity (Wildman–Crippen MR) is 108 cm³/mol. The van der Waals surface area contributed by atoms with Gasteiger partial charge in [-0.3, -0.25) is 14.2 Å². The summed E-state index contributed by atoms with van der Waals surface area (Å²) in [6.07, 6.45) is 0.841. The summed E-state index contributed by atoms with van der Waals surface area (Å²) in [6, 6.07) is 8.21. The number of carbonyl (C=O) groups excluding carboxylic acids is 1. The van der Waals surface area contributed by atoms with E-state index in [1.54, 1.807) is 29.6 Å². The van der Waals surface area contributed by atoms with Crippen molar-refractivity contribution < 1.29 is 9.18 Å². The van der Waals surface area contributed by atoms with Gasteiger partial charge in [-0.05, 0) is 30.9 Å². The van der Waals surface area contributed by atoms with Crippen LogP contribution in [0.25, 0.3) is 10.2 Å². The summed E-state index contributed by atoms with van der Waals surface area (Å²) in [4.78, 5) is 29.5.